The van der Waals surface area contributed by atoms with Crippen LogP contribution in [0.2, 0.25) is 10.0 Å². The monoisotopic (exact) mass is 398 g/mol. The molecule has 3 nitrogen and oxygen atoms in total. The lowest BCUT2D eigenvalue weighted by Crippen LogP contribution is -2.53. The number of carbonyl (C=O) groups is 1. The highest BCUT2D eigenvalue weighted by Crippen LogP contribution is 2.29. The van der Waals surface area contributed by atoms with Gasteiger partial charge in [0, 0.05) is 19.1 Å². The Labute approximate surface area is 168 Å². The Balaban J connectivity index is 0.00000117. The largest absolute Gasteiger partial charge is 0.341 e. The quantitative estimate of drug-likeness (QED) is 0.674. The number of amides is 1. The van der Waals surface area contributed by atoms with Crippen molar-refractivity contribution >= 4 is 29.1 Å². The third kappa shape index (κ3) is 5.37. The van der Waals surface area contributed by atoms with E-state index < -0.39 is 0 Å². The van der Waals surface area contributed by atoms with Crippen molar-refractivity contribution in [3.05, 3.63) is 33.8 Å². The summed E-state index contributed by atoms with van der Waals surface area (Å²) in [6, 6.07) is 6.32. The zero-order valence-electron chi connectivity index (χ0n) is 16.3. The molecule has 1 saturated heterocycles. The van der Waals surface area contributed by atoms with Gasteiger partial charge in [0.15, 0.2) is 0 Å². The number of hydrogen-bond donors (Lipinski definition) is 0. The molecule has 26 heavy (non-hydrogen) atoms. The molecule has 1 amide bonds. The van der Waals surface area contributed by atoms with Crippen LogP contribution in [-0.4, -0.2) is 47.9 Å². The zero-order chi connectivity index (χ0) is 19.1. The number of halogens is 2. The fourth-order valence-corrected chi connectivity index (χ4v) is 4.50. The van der Waals surface area contributed by atoms with Gasteiger partial charge >= 0.3 is 0 Å². The fourth-order valence-electron chi connectivity index (χ4n) is 4.18. The van der Waals surface area contributed by atoms with Crippen LogP contribution in [0.5, 0.6) is 0 Å². The van der Waals surface area contributed by atoms with E-state index in [0.717, 1.165) is 12.0 Å². The Bertz CT molecular complexity index is 587. The third-order valence-electron chi connectivity index (χ3n) is 5.53. The Kier molecular flexibility index (Phi) is 8.72. The Morgan fingerprint density at radius 1 is 1.08 bits per heavy atom. The molecule has 1 aliphatic carbocycles. The Morgan fingerprint density at radius 2 is 1.73 bits per heavy atom. The first-order valence-electron chi connectivity index (χ1n) is 10.00. The normalized spacial score (nSPS) is 23.3. The summed E-state index contributed by atoms with van der Waals surface area (Å²) in [7, 11) is 1.97. The molecule has 1 aromatic carbocycles. The van der Waals surface area contributed by atoms with E-state index >= 15 is 0 Å². The van der Waals surface area contributed by atoms with Crippen LogP contribution in [0.1, 0.15) is 57.9 Å². The van der Waals surface area contributed by atoms with Crippen LogP contribution < -0.4 is 0 Å². The van der Waals surface area contributed by atoms with Gasteiger partial charge in [0.1, 0.15) is 0 Å². The average molecular weight is 399 g/mol. The number of nitrogens with zero attached hydrogens (tertiary/aromatic N) is 2. The van der Waals surface area contributed by atoms with E-state index in [1.807, 2.05) is 31.9 Å². The molecule has 1 aromatic rings. The molecule has 1 aliphatic heterocycles. The number of benzene rings is 1. The topological polar surface area (TPSA) is 23.6 Å². The predicted octanol–water partition coefficient (Wildman–Crippen LogP) is 5.43. The van der Waals surface area contributed by atoms with Crippen LogP contribution in [0.4, 0.5) is 0 Å². The van der Waals surface area contributed by atoms with Gasteiger partial charge in [-0.1, -0.05) is 56.0 Å². The lowest BCUT2D eigenvalue weighted by atomic mass is 9.88. The van der Waals surface area contributed by atoms with Crippen molar-refractivity contribution in [2.24, 2.45) is 0 Å². The van der Waals surface area contributed by atoms with Crippen LogP contribution in [0.3, 0.4) is 0 Å². The van der Waals surface area contributed by atoms with Gasteiger partial charge < -0.3 is 4.90 Å². The number of rotatable bonds is 4. The van der Waals surface area contributed by atoms with Crippen molar-refractivity contribution in [1.82, 2.24) is 9.80 Å². The summed E-state index contributed by atoms with van der Waals surface area (Å²) in [6.45, 7) is 6.38. The van der Waals surface area contributed by atoms with Crippen molar-refractivity contribution in [3.8, 4) is 0 Å². The molecule has 0 spiro atoms. The van der Waals surface area contributed by atoms with Crippen molar-refractivity contribution in [2.75, 3.05) is 20.1 Å². The van der Waals surface area contributed by atoms with Gasteiger partial charge in [-0.15, -0.1) is 0 Å². The summed E-state index contributed by atoms with van der Waals surface area (Å²) < 4.78 is 0. The van der Waals surface area contributed by atoms with Crippen molar-refractivity contribution in [2.45, 2.75) is 70.9 Å². The Hall–Kier alpha value is -0.770. The lowest BCUT2D eigenvalue weighted by molar-refractivity contribution is -0.133. The molecule has 1 heterocycles. The first-order chi connectivity index (χ1) is 12.6. The molecular formula is C21H32Cl2N2O. The van der Waals surface area contributed by atoms with Crippen LogP contribution >= 0.6 is 23.2 Å². The predicted molar refractivity (Wildman–Crippen MR) is 111 cm³/mol. The van der Waals surface area contributed by atoms with E-state index in [4.69, 9.17) is 23.2 Å². The van der Waals surface area contributed by atoms with Gasteiger partial charge in [-0.2, -0.15) is 0 Å². The van der Waals surface area contributed by atoms with E-state index in [1.165, 1.54) is 45.2 Å². The summed E-state index contributed by atoms with van der Waals surface area (Å²) in [4.78, 5) is 17.4. The molecule has 146 valence electrons. The van der Waals surface area contributed by atoms with E-state index in [2.05, 4.69) is 4.90 Å². The molecule has 0 N–H and O–H groups in total. The standard InChI is InChI=1S/C19H26Cl2N2O.C2H6/c1-22(19(24)13-14-8-9-15(20)16(21)12-14)17-6-2-3-7-18(17)23-10-4-5-11-23;1-2/h8-9,12,17-18H,2-7,10-11,13H2,1H3;1-2H3/t17?,18-;/m1./s1. The first kappa shape index (κ1) is 21.5. The molecular weight excluding hydrogens is 367 g/mol. The van der Waals surface area contributed by atoms with Crippen LogP contribution in [-0.2, 0) is 11.2 Å². The summed E-state index contributed by atoms with van der Waals surface area (Å²) in [5, 5.41) is 1.04. The molecule has 1 unspecified atom stereocenters. The van der Waals surface area contributed by atoms with E-state index in [9.17, 15) is 4.79 Å². The second-order valence-electron chi connectivity index (χ2n) is 7.09. The van der Waals surface area contributed by atoms with Gasteiger partial charge in [0.05, 0.1) is 16.5 Å². The third-order valence-corrected chi connectivity index (χ3v) is 6.27. The highest BCUT2D eigenvalue weighted by molar-refractivity contribution is 6.42. The summed E-state index contributed by atoms with van der Waals surface area (Å²) in [5.74, 6) is 0.171. The molecule has 5 heteroatoms. The van der Waals surface area contributed by atoms with Crippen LogP contribution in [0.15, 0.2) is 18.2 Å². The van der Waals surface area contributed by atoms with E-state index in [0.29, 0.717) is 28.5 Å². The second-order valence-corrected chi connectivity index (χ2v) is 7.91. The summed E-state index contributed by atoms with van der Waals surface area (Å²) >= 11 is 12.0. The maximum absolute atomic E-state index is 12.8. The minimum absolute atomic E-state index is 0.171. The van der Waals surface area contributed by atoms with Crippen molar-refractivity contribution in [3.63, 3.8) is 0 Å². The number of carbonyl (C=O) groups excluding carboxylic acids is 1. The van der Waals surface area contributed by atoms with Crippen LogP contribution in [0, 0.1) is 0 Å². The Morgan fingerprint density at radius 3 is 2.38 bits per heavy atom. The highest BCUT2D eigenvalue weighted by atomic mass is 35.5. The smallest absolute Gasteiger partial charge is 0.227 e. The van der Waals surface area contributed by atoms with E-state index in [1.54, 1.807) is 12.1 Å². The van der Waals surface area contributed by atoms with Crippen molar-refractivity contribution in [1.29, 1.82) is 0 Å². The molecule has 0 bridgehead atoms. The highest BCUT2D eigenvalue weighted by Gasteiger charge is 2.35. The molecule has 2 fully saturated rings. The molecule has 0 aromatic heterocycles. The van der Waals surface area contributed by atoms with E-state index in [-0.39, 0.29) is 5.91 Å². The van der Waals surface area contributed by atoms with Gasteiger partial charge in [-0.25, -0.2) is 0 Å². The first-order valence-corrected chi connectivity index (χ1v) is 10.8. The average Bonchev–Trinajstić information content (AvgIpc) is 3.20. The summed E-state index contributed by atoms with van der Waals surface area (Å²) in [6.07, 6.45) is 7.82. The lowest BCUT2D eigenvalue weighted by Gasteiger charge is -2.42. The minimum atomic E-state index is 0.171. The maximum Gasteiger partial charge on any atom is 0.227 e. The second kappa shape index (κ2) is 10.5. The molecule has 0 radical (unpaired) electrons. The maximum atomic E-state index is 12.8. The van der Waals surface area contributed by atoms with Gasteiger partial charge in [-0.3, -0.25) is 9.69 Å². The SMILES string of the molecule is CC.CN(C(=O)Cc1ccc(Cl)c(Cl)c1)C1CCCC[C@H]1N1CCCC1. The molecule has 2 aliphatic rings. The summed E-state index contributed by atoms with van der Waals surface area (Å²) in [5.41, 5.74) is 0.926. The molecule has 3 rings (SSSR count). The fraction of sp³-hybridized carbons (Fsp3) is 0.667. The number of hydrogen-bond acceptors (Lipinski definition) is 2. The number of likely N-dealkylation sites (N-methyl/N-ethyl adjacent to an activating group) is 1. The van der Waals surface area contributed by atoms with Gasteiger partial charge in [0.2, 0.25) is 5.91 Å². The van der Waals surface area contributed by atoms with Crippen molar-refractivity contribution < 1.29 is 4.79 Å². The number of likely N-dealkylation sites (tertiary alicyclic amines) is 1. The zero-order valence-corrected chi connectivity index (χ0v) is 17.8. The van der Waals surface area contributed by atoms with Crippen LogP contribution in [0.25, 0.3) is 0 Å². The molecule has 2 atom stereocenters. The van der Waals surface area contributed by atoms with Gasteiger partial charge in [-0.05, 0) is 56.5 Å². The minimum Gasteiger partial charge on any atom is -0.341 e. The molecule has 1 saturated carbocycles. The van der Waals surface area contributed by atoms with Gasteiger partial charge in [0.25, 0.3) is 0 Å².